The zero-order chi connectivity index (χ0) is 21.2. The molecule has 4 nitrogen and oxygen atoms in total. The number of halogens is 4. The predicted molar refractivity (Wildman–Crippen MR) is 105 cm³/mol. The van der Waals surface area contributed by atoms with Crippen LogP contribution in [0.3, 0.4) is 0 Å². The third-order valence-corrected chi connectivity index (χ3v) is 4.84. The minimum Gasteiger partial charge on any atom is -0.348 e. The summed E-state index contributed by atoms with van der Waals surface area (Å²) >= 11 is 6.36. The van der Waals surface area contributed by atoms with Gasteiger partial charge >= 0.3 is 6.18 Å². The van der Waals surface area contributed by atoms with Crippen molar-refractivity contribution in [2.75, 3.05) is 0 Å². The molecule has 0 bridgehead atoms. The number of nitrogens with zero attached hydrogens (tertiary/aromatic N) is 2. The van der Waals surface area contributed by atoms with Crippen molar-refractivity contribution in [2.24, 2.45) is 0 Å². The van der Waals surface area contributed by atoms with E-state index in [1.165, 1.54) is 16.8 Å². The molecule has 0 aliphatic rings. The van der Waals surface area contributed by atoms with E-state index in [0.717, 1.165) is 23.3 Å². The summed E-state index contributed by atoms with van der Waals surface area (Å²) in [5.41, 5.74) is 2.36. The topological polar surface area (TPSA) is 46.9 Å². The van der Waals surface area contributed by atoms with Crippen molar-refractivity contribution in [1.29, 1.82) is 0 Å². The number of hydrogen-bond acceptors (Lipinski definition) is 2. The van der Waals surface area contributed by atoms with Gasteiger partial charge in [-0.25, -0.2) is 4.68 Å². The molecular formula is C21H19ClF3N3O. The van der Waals surface area contributed by atoms with Crippen LogP contribution in [0.5, 0.6) is 0 Å². The second-order valence-corrected chi connectivity index (χ2v) is 7.13. The highest BCUT2D eigenvalue weighted by Crippen LogP contribution is 2.29. The Balaban J connectivity index is 1.73. The first-order valence-corrected chi connectivity index (χ1v) is 9.25. The zero-order valence-corrected chi connectivity index (χ0v) is 16.6. The molecular weight excluding hydrogens is 403 g/mol. The quantitative estimate of drug-likeness (QED) is 0.619. The van der Waals surface area contributed by atoms with Crippen LogP contribution in [0.2, 0.25) is 5.15 Å². The van der Waals surface area contributed by atoms with E-state index in [2.05, 4.69) is 10.4 Å². The second-order valence-electron chi connectivity index (χ2n) is 6.78. The van der Waals surface area contributed by atoms with E-state index in [1.807, 2.05) is 31.2 Å². The second kappa shape index (κ2) is 8.29. The molecule has 0 unspecified atom stereocenters. The maximum atomic E-state index is 12.8. The number of aromatic nitrogens is 2. The van der Waals surface area contributed by atoms with Gasteiger partial charge in [0, 0.05) is 6.54 Å². The first-order valence-electron chi connectivity index (χ1n) is 8.88. The van der Waals surface area contributed by atoms with E-state index in [0.29, 0.717) is 17.8 Å². The normalized spacial score (nSPS) is 11.5. The van der Waals surface area contributed by atoms with Crippen molar-refractivity contribution >= 4 is 17.5 Å². The number of alkyl halides is 3. The lowest BCUT2D eigenvalue weighted by Crippen LogP contribution is -2.23. The van der Waals surface area contributed by atoms with Gasteiger partial charge in [0.05, 0.1) is 23.4 Å². The van der Waals surface area contributed by atoms with E-state index >= 15 is 0 Å². The van der Waals surface area contributed by atoms with Crippen LogP contribution >= 0.6 is 11.6 Å². The average molecular weight is 422 g/mol. The van der Waals surface area contributed by atoms with Crippen molar-refractivity contribution in [3.8, 4) is 0 Å². The van der Waals surface area contributed by atoms with Crippen LogP contribution in [0.15, 0.2) is 48.5 Å². The molecule has 0 fully saturated rings. The van der Waals surface area contributed by atoms with Crippen LogP contribution in [0, 0.1) is 13.8 Å². The van der Waals surface area contributed by atoms with E-state index in [1.54, 1.807) is 6.92 Å². The van der Waals surface area contributed by atoms with Gasteiger partial charge in [-0.15, -0.1) is 0 Å². The summed E-state index contributed by atoms with van der Waals surface area (Å²) in [6.07, 6.45) is -4.43. The fourth-order valence-corrected chi connectivity index (χ4v) is 3.23. The van der Waals surface area contributed by atoms with E-state index in [9.17, 15) is 18.0 Å². The molecule has 1 heterocycles. The van der Waals surface area contributed by atoms with Crippen LogP contribution in [-0.4, -0.2) is 15.7 Å². The number of benzene rings is 2. The molecule has 29 heavy (non-hydrogen) atoms. The minimum absolute atomic E-state index is 0.0539. The number of rotatable bonds is 5. The molecule has 1 aromatic heterocycles. The number of hydrogen-bond donors (Lipinski definition) is 1. The largest absolute Gasteiger partial charge is 0.416 e. The van der Waals surface area contributed by atoms with Gasteiger partial charge in [-0.2, -0.15) is 18.3 Å². The van der Waals surface area contributed by atoms with Crippen LogP contribution < -0.4 is 5.32 Å². The van der Waals surface area contributed by atoms with Gasteiger partial charge in [-0.1, -0.05) is 53.6 Å². The van der Waals surface area contributed by atoms with Crippen molar-refractivity contribution in [3.05, 3.63) is 87.2 Å². The number of carbonyl (C=O) groups is 1. The number of aryl methyl sites for hydroxylation is 2. The van der Waals surface area contributed by atoms with Crippen molar-refractivity contribution in [2.45, 2.75) is 33.1 Å². The van der Waals surface area contributed by atoms with Crippen LogP contribution in [-0.2, 0) is 19.3 Å². The Kier molecular flexibility index (Phi) is 5.98. The van der Waals surface area contributed by atoms with Crippen molar-refractivity contribution in [3.63, 3.8) is 0 Å². The Hall–Kier alpha value is -2.80. The van der Waals surface area contributed by atoms with Gasteiger partial charge in [0.1, 0.15) is 5.15 Å². The Morgan fingerprint density at radius 2 is 1.79 bits per heavy atom. The van der Waals surface area contributed by atoms with Crippen LogP contribution in [0.1, 0.15) is 38.3 Å². The summed E-state index contributed by atoms with van der Waals surface area (Å²) in [5.74, 6) is -0.486. The highest BCUT2D eigenvalue weighted by atomic mass is 35.5. The molecule has 0 radical (unpaired) electrons. The first-order chi connectivity index (χ1) is 13.6. The highest BCUT2D eigenvalue weighted by Gasteiger charge is 2.30. The highest BCUT2D eigenvalue weighted by molar-refractivity contribution is 6.33. The van der Waals surface area contributed by atoms with E-state index in [-0.39, 0.29) is 17.3 Å². The lowest BCUT2D eigenvalue weighted by atomic mass is 10.1. The standard InChI is InChI=1S/C21H19ClF3N3O/c1-13-6-8-15(9-7-13)12-28-19(22)18(14(2)27-28)20(29)26-11-16-4-3-5-17(10-16)21(23,24)25/h3-10H,11-12H2,1-2H3,(H,26,29). The van der Waals surface area contributed by atoms with Gasteiger partial charge in [-0.3, -0.25) is 4.79 Å². The monoisotopic (exact) mass is 421 g/mol. The van der Waals surface area contributed by atoms with Gasteiger partial charge in [-0.05, 0) is 37.1 Å². The summed E-state index contributed by atoms with van der Waals surface area (Å²) < 4.78 is 40.0. The van der Waals surface area contributed by atoms with Crippen LogP contribution in [0.25, 0.3) is 0 Å². The summed E-state index contributed by atoms with van der Waals surface area (Å²) in [6, 6.07) is 12.7. The maximum absolute atomic E-state index is 12.8. The SMILES string of the molecule is Cc1ccc(Cn2nc(C)c(C(=O)NCc3cccc(C(F)(F)F)c3)c2Cl)cc1. The molecule has 152 valence electrons. The van der Waals surface area contributed by atoms with Gasteiger partial charge in [0.25, 0.3) is 5.91 Å². The van der Waals surface area contributed by atoms with Gasteiger partial charge in [0.2, 0.25) is 0 Å². The molecule has 0 aliphatic heterocycles. The Morgan fingerprint density at radius 3 is 2.45 bits per heavy atom. The molecule has 0 saturated heterocycles. The number of carbonyl (C=O) groups excluding carboxylic acids is 1. The lowest BCUT2D eigenvalue weighted by molar-refractivity contribution is -0.137. The van der Waals surface area contributed by atoms with Crippen molar-refractivity contribution in [1.82, 2.24) is 15.1 Å². The summed E-state index contributed by atoms with van der Waals surface area (Å²) in [7, 11) is 0. The molecule has 0 atom stereocenters. The predicted octanol–water partition coefficient (Wildman–Crippen LogP) is 5.15. The maximum Gasteiger partial charge on any atom is 0.416 e. The number of amides is 1. The molecule has 0 spiro atoms. The first kappa shape index (κ1) is 20.9. The fourth-order valence-electron chi connectivity index (χ4n) is 2.91. The minimum atomic E-state index is -4.43. The Bertz CT molecular complexity index is 1030. The smallest absolute Gasteiger partial charge is 0.348 e. The van der Waals surface area contributed by atoms with E-state index < -0.39 is 17.6 Å². The molecule has 3 aromatic rings. The number of nitrogens with one attached hydrogen (secondary N) is 1. The molecule has 3 rings (SSSR count). The van der Waals surface area contributed by atoms with Gasteiger partial charge < -0.3 is 5.32 Å². The van der Waals surface area contributed by atoms with Gasteiger partial charge in [0.15, 0.2) is 0 Å². The Labute approximate surface area is 171 Å². The molecule has 1 amide bonds. The molecule has 0 saturated carbocycles. The molecule has 2 aromatic carbocycles. The summed E-state index contributed by atoms with van der Waals surface area (Å²) in [6.45, 7) is 4.00. The van der Waals surface area contributed by atoms with Crippen molar-refractivity contribution < 1.29 is 18.0 Å². The third-order valence-electron chi connectivity index (χ3n) is 4.45. The fraction of sp³-hybridized carbons (Fsp3) is 0.238. The summed E-state index contributed by atoms with van der Waals surface area (Å²) in [4.78, 5) is 12.6. The van der Waals surface area contributed by atoms with Crippen LogP contribution in [0.4, 0.5) is 13.2 Å². The van der Waals surface area contributed by atoms with E-state index in [4.69, 9.17) is 11.6 Å². The third kappa shape index (κ3) is 4.98. The lowest BCUT2D eigenvalue weighted by Gasteiger charge is -2.10. The molecule has 1 N–H and O–H groups in total. The Morgan fingerprint density at radius 1 is 1.10 bits per heavy atom. The molecule has 0 aliphatic carbocycles. The average Bonchev–Trinajstić information content (AvgIpc) is 2.94. The molecule has 8 heteroatoms. The zero-order valence-electron chi connectivity index (χ0n) is 15.8. The summed E-state index contributed by atoms with van der Waals surface area (Å²) in [5, 5.41) is 7.13.